The largest absolute Gasteiger partial charge is 0.335 e. The predicted octanol–water partition coefficient (Wildman–Crippen LogP) is 1.71. The Morgan fingerprint density at radius 3 is 2.59 bits per heavy atom. The number of rotatable bonds is 3. The molecule has 1 saturated heterocycles. The third-order valence-electron chi connectivity index (χ3n) is 4.01. The zero-order valence-corrected chi connectivity index (χ0v) is 10.9. The van der Waals surface area contributed by atoms with E-state index in [4.69, 9.17) is 0 Å². The van der Waals surface area contributed by atoms with Crippen LogP contribution in [0.4, 0.5) is 4.79 Å². The van der Waals surface area contributed by atoms with Gasteiger partial charge in [0.05, 0.1) is 0 Å². The van der Waals surface area contributed by atoms with Gasteiger partial charge in [0.2, 0.25) is 0 Å². The molecular weight excluding hydrogens is 214 g/mol. The number of urea groups is 1. The molecule has 0 aromatic carbocycles. The number of carbonyl (C=O) groups is 1. The monoisotopic (exact) mass is 239 g/mol. The van der Waals surface area contributed by atoms with Gasteiger partial charge in [-0.05, 0) is 39.2 Å². The lowest BCUT2D eigenvalue weighted by Crippen LogP contribution is -2.53. The van der Waals surface area contributed by atoms with Gasteiger partial charge in [-0.1, -0.05) is 12.8 Å². The van der Waals surface area contributed by atoms with Crippen molar-refractivity contribution < 1.29 is 4.79 Å². The molecule has 1 unspecified atom stereocenters. The number of nitrogens with zero attached hydrogens (tertiary/aromatic N) is 1. The molecule has 1 aliphatic heterocycles. The number of likely N-dealkylation sites (tertiary alicyclic amines) is 1. The van der Waals surface area contributed by atoms with Gasteiger partial charge in [-0.15, -0.1) is 0 Å². The van der Waals surface area contributed by atoms with Crippen molar-refractivity contribution in [3.63, 3.8) is 0 Å². The highest BCUT2D eigenvalue weighted by Crippen LogP contribution is 2.20. The Morgan fingerprint density at radius 1 is 1.18 bits per heavy atom. The standard InChI is InChI=1S/C13H25N3O/c1-14-10-12-8-4-5-9-16(12)13(17)15-11-6-2-3-7-11/h11-12,14H,2-10H2,1H3,(H,15,17). The minimum Gasteiger partial charge on any atom is -0.335 e. The molecule has 2 fully saturated rings. The maximum absolute atomic E-state index is 12.2. The fourth-order valence-corrected chi connectivity index (χ4v) is 3.04. The highest BCUT2D eigenvalue weighted by molar-refractivity contribution is 5.75. The lowest BCUT2D eigenvalue weighted by atomic mass is 10.0. The summed E-state index contributed by atoms with van der Waals surface area (Å²) >= 11 is 0. The van der Waals surface area contributed by atoms with E-state index in [0.717, 1.165) is 38.8 Å². The number of carbonyl (C=O) groups excluding carboxylic acids is 1. The molecule has 1 aliphatic carbocycles. The molecule has 17 heavy (non-hydrogen) atoms. The average Bonchev–Trinajstić information content (AvgIpc) is 2.83. The van der Waals surface area contributed by atoms with Crippen molar-refractivity contribution in [3.05, 3.63) is 0 Å². The van der Waals surface area contributed by atoms with Crippen LogP contribution in [0.15, 0.2) is 0 Å². The van der Waals surface area contributed by atoms with Crippen LogP contribution in [0.5, 0.6) is 0 Å². The quantitative estimate of drug-likeness (QED) is 0.787. The van der Waals surface area contributed by atoms with Crippen LogP contribution < -0.4 is 10.6 Å². The summed E-state index contributed by atoms with van der Waals surface area (Å²) in [5, 5.41) is 6.39. The van der Waals surface area contributed by atoms with Gasteiger partial charge in [0.15, 0.2) is 0 Å². The molecule has 2 rings (SSSR count). The summed E-state index contributed by atoms with van der Waals surface area (Å²) < 4.78 is 0. The molecular formula is C13H25N3O. The first-order chi connectivity index (χ1) is 8.31. The molecule has 2 N–H and O–H groups in total. The Balaban J connectivity index is 1.86. The molecule has 0 spiro atoms. The summed E-state index contributed by atoms with van der Waals surface area (Å²) in [5.41, 5.74) is 0. The number of amides is 2. The number of piperidine rings is 1. The second kappa shape index (κ2) is 6.24. The van der Waals surface area contributed by atoms with Crippen molar-refractivity contribution in [3.8, 4) is 0 Å². The van der Waals surface area contributed by atoms with Crippen LogP contribution in [0.1, 0.15) is 44.9 Å². The predicted molar refractivity (Wildman–Crippen MR) is 69.1 cm³/mol. The van der Waals surface area contributed by atoms with Gasteiger partial charge < -0.3 is 15.5 Å². The van der Waals surface area contributed by atoms with Crippen molar-refractivity contribution in [2.24, 2.45) is 0 Å². The van der Waals surface area contributed by atoms with E-state index >= 15 is 0 Å². The van der Waals surface area contributed by atoms with Crippen LogP contribution in [0.3, 0.4) is 0 Å². The van der Waals surface area contributed by atoms with Crippen molar-refractivity contribution in [1.82, 2.24) is 15.5 Å². The van der Waals surface area contributed by atoms with Gasteiger partial charge in [0, 0.05) is 25.2 Å². The first-order valence-electron chi connectivity index (χ1n) is 7.03. The molecule has 4 nitrogen and oxygen atoms in total. The van der Waals surface area contributed by atoms with E-state index in [-0.39, 0.29) is 6.03 Å². The fraction of sp³-hybridized carbons (Fsp3) is 0.923. The number of hydrogen-bond acceptors (Lipinski definition) is 2. The Kier molecular flexibility index (Phi) is 4.66. The molecule has 98 valence electrons. The van der Waals surface area contributed by atoms with Gasteiger partial charge in [0.25, 0.3) is 0 Å². The molecule has 1 heterocycles. The second-order valence-electron chi connectivity index (χ2n) is 5.33. The van der Waals surface area contributed by atoms with E-state index in [0.29, 0.717) is 12.1 Å². The number of likely N-dealkylation sites (N-methyl/N-ethyl adjacent to an activating group) is 1. The topological polar surface area (TPSA) is 44.4 Å². The lowest BCUT2D eigenvalue weighted by Gasteiger charge is -2.36. The minimum absolute atomic E-state index is 0.164. The Bertz CT molecular complexity index is 249. The normalized spacial score (nSPS) is 26.2. The van der Waals surface area contributed by atoms with Crippen LogP contribution in [-0.4, -0.2) is 43.2 Å². The molecule has 0 radical (unpaired) electrons. The molecule has 4 heteroatoms. The zero-order chi connectivity index (χ0) is 12.1. The summed E-state index contributed by atoms with van der Waals surface area (Å²) in [6.07, 6.45) is 8.40. The second-order valence-corrected chi connectivity index (χ2v) is 5.33. The first-order valence-corrected chi connectivity index (χ1v) is 7.03. The summed E-state index contributed by atoms with van der Waals surface area (Å²) in [6.45, 7) is 1.84. The SMILES string of the molecule is CNCC1CCCCN1C(=O)NC1CCCC1. The Morgan fingerprint density at radius 2 is 1.88 bits per heavy atom. The van der Waals surface area contributed by atoms with E-state index in [1.54, 1.807) is 0 Å². The third kappa shape index (κ3) is 3.35. The van der Waals surface area contributed by atoms with E-state index < -0.39 is 0 Å². The summed E-state index contributed by atoms with van der Waals surface area (Å²) in [4.78, 5) is 14.3. The van der Waals surface area contributed by atoms with Crippen LogP contribution in [0.2, 0.25) is 0 Å². The third-order valence-corrected chi connectivity index (χ3v) is 4.01. The Hall–Kier alpha value is -0.770. The highest BCUT2D eigenvalue weighted by Gasteiger charge is 2.28. The van der Waals surface area contributed by atoms with E-state index in [1.165, 1.54) is 19.3 Å². The van der Waals surface area contributed by atoms with Crippen molar-refractivity contribution in [2.75, 3.05) is 20.1 Å². The Labute approximate surface area is 104 Å². The minimum atomic E-state index is 0.164. The average molecular weight is 239 g/mol. The molecule has 1 saturated carbocycles. The van der Waals surface area contributed by atoms with Crippen molar-refractivity contribution >= 4 is 6.03 Å². The van der Waals surface area contributed by atoms with E-state index in [9.17, 15) is 4.79 Å². The van der Waals surface area contributed by atoms with Crippen LogP contribution >= 0.6 is 0 Å². The zero-order valence-electron chi connectivity index (χ0n) is 10.9. The molecule has 0 bridgehead atoms. The smallest absolute Gasteiger partial charge is 0.317 e. The van der Waals surface area contributed by atoms with Crippen molar-refractivity contribution in [1.29, 1.82) is 0 Å². The molecule has 1 atom stereocenters. The van der Waals surface area contributed by atoms with Gasteiger partial charge in [-0.3, -0.25) is 0 Å². The molecule has 2 amide bonds. The van der Waals surface area contributed by atoms with Crippen LogP contribution in [0, 0.1) is 0 Å². The summed E-state index contributed by atoms with van der Waals surface area (Å²) in [6, 6.07) is 0.978. The van der Waals surface area contributed by atoms with Crippen molar-refractivity contribution in [2.45, 2.75) is 57.0 Å². The van der Waals surface area contributed by atoms with Crippen LogP contribution in [0.25, 0.3) is 0 Å². The van der Waals surface area contributed by atoms with Crippen LogP contribution in [-0.2, 0) is 0 Å². The van der Waals surface area contributed by atoms with Gasteiger partial charge >= 0.3 is 6.03 Å². The first kappa shape index (κ1) is 12.7. The summed E-state index contributed by atoms with van der Waals surface area (Å²) in [7, 11) is 1.96. The highest BCUT2D eigenvalue weighted by atomic mass is 16.2. The van der Waals surface area contributed by atoms with Gasteiger partial charge in [-0.25, -0.2) is 4.79 Å². The number of hydrogen-bond donors (Lipinski definition) is 2. The summed E-state index contributed by atoms with van der Waals surface area (Å²) in [5.74, 6) is 0. The van der Waals surface area contributed by atoms with E-state index in [2.05, 4.69) is 10.6 Å². The maximum Gasteiger partial charge on any atom is 0.317 e. The molecule has 0 aromatic heterocycles. The van der Waals surface area contributed by atoms with Gasteiger partial charge in [0.1, 0.15) is 0 Å². The van der Waals surface area contributed by atoms with Gasteiger partial charge in [-0.2, -0.15) is 0 Å². The fourth-order valence-electron chi connectivity index (χ4n) is 3.04. The lowest BCUT2D eigenvalue weighted by molar-refractivity contribution is 0.147. The van der Waals surface area contributed by atoms with E-state index in [1.807, 2.05) is 11.9 Å². The molecule has 2 aliphatic rings. The number of nitrogens with one attached hydrogen (secondary N) is 2. The molecule has 0 aromatic rings. The maximum atomic E-state index is 12.2.